The lowest BCUT2D eigenvalue weighted by molar-refractivity contribution is -0.327. The zero-order valence-corrected chi connectivity index (χ0v) is 19.6. The van der Waals surface area contributed by atoms with Gasteiger partial charge in [-0.3, -0.25) is 0 Å². The largest absolute Gasteiger partial charge is 0.390 e. The monoisotopic (exact) mass is 480 g/mol. The van der Waals surface area contributed by atoms with E-state index in [4.69, 9.17) is 18.9 Å². The minimum Gasteiger partial charge on any atom is -0.390 e. The number of hydrogen-bond donors (Lipinski definition) is 7. The van der Waals surface area contributed by atoms with Crippen molar-refractivity contribution in [1.82, 2.24) is 0 Å². The molecule has 10 unspecified atom stereocenters. The Labute approximate surface area is 194 Å². The van der Waals surface area contributed by atoms with Gasteiger partial charge in [0.15, 0.2) is 12.6 Å². The summed E-state index contributed by atoms with van der Waals surface area (Å²) >= 11 is 0. The van der Waals surface area contributed by atoms with Gasteiger partial charge in [-0.05, 0) is 47.0 Å². The zero-order chi connectivity index (χ0) is 24.9. The first kappa shape index (κ1) is 28.5. The van der Waals surface area contributed by atoms with Crippen LogP contribution in [0.25, 0.3) is 0 Å². The van der Waals surface area contributed by atoms with Crippen LogP contribution >= 0.6 is 0 Å². The standard InChI is InChI=1S/C22H40O11/c1-11(6-5-8-22(3,4)29)7-9-30-20-19(28)17(26)15(24)13(33-20)10-31-21-18(27)16(25)14(23)12(2)32-21/h6,12-21,23-29H,5,7-10H2,1-4H3. The number of aliphatic hydroxyl groups excluding tert-OH is 6. The molecule has 2 heterocycles. The van der Waals surface area contributed by atoms with Gasteiger partial charge >= 0.3 is 0 Å². The maximum Gasteiger partial charge on any atom is 0.186 e. The van der Waals surface area contributed by atoms with Crippen molar-refractivity contribution in [3.05, 3.63) is 11.6 Å². The Bertz CT molecular complexity index is 622. The number of ether oxygens (including phenoxy) is 4. The van der Waals surface area contributed by atoms with Gasteiger partial charge in [0.25, 0.3) is 0 Å². The zero-order valence-electron chi connectivity index (χ0n) is 19.6. The number of rotatable bonds is 10. The third-order valence-corrected chi connectivity index (χ3v) is 5.93. The fraction of sp³-hybridized carbons (Fsp3) is 0.909. The van der Waals surface area contributed by atoms with E-state index < -0.39 is 67.0 Å². The molecule has 194 valence electrons. The van der Waals surface area contributed by atoms with Crippen LogP contribution in [0.15, 0.2) is 11.6 Å². The summed E-state index contributed by atoms with van der Waals surface area (Å²) in [5.74, 6) is 0. The summed E-state index contributed by atoms with van der Waals surface area (Å²) in [4.78, 5) is 0. The van der Waals surface area contributed by atoms with E-state index in [-0.39, 0.29) is 13.2 Å². The Morgan fingerprint density at radius 3 is 2.03 bits per heavy atom. The Morgan fingerprint density at radius 1 is 0.848 bits per heavy atom. The summed E-state index contributed by atoms with van der Waals surface area (Å²) in [7, 11) is 0. The van der Waals surface area contributed by atoms with Gasteiger partial charge in [0.1, 0.15) is 42.7 Å². The number of allylic oxidation sites excluding steroid dienone is 1. The molecule has 0 amide bonds. The number of hydrogen-bond acceptors (Lipinski definition) is 11. The van der Waals surface area contributed by atoms with Crippen LogP contribution in [0.1, 0.15) is 47.0 Å². The highest BCUT2D eigenvalue weighted by Gasteiger charge is 2.46. The Kier molecular flexibility index (Phi) is 10.7. The highest BCUT2D eigenvalue weighted by molar-refractivity contribution is 4.98. The van der Waals surface area contributed by atoms with Crippen molar-refractivity contribution in [3.8, 4) is 0 Å². The van der Waals surface area contributed by atoms with Gasteiger partial charge in [0.2, 0.25) is 0 Å². The Hall–Kier alpha value is -0.700. The first-order valence-corrected chi connectivity index (χ1v) is 11.3. The highest BCUT2D eigenvalue weighted by Crippen LogP contribution is 2.26. The second kappa shape index (κ2) is 12.3. The molecule has 33 heavy (non-hydrogen) atoms. The van der Waals surface area contributed by atoms with Crippen LogP contribution in [0.2, 0.25) is 0 Å². The molecule has 0 aromatic heterocycles. The van der Waals surface area contributed by atoms with Gasteiger partial charge in [0.05, 0.1) is 24.9 Å². The van der Waals surface area contributed by atoms with Crippen molar-refractivity contribution < 1.29 is 54.7 Å². The van der Waals surface area contributed by atoms with Crippen molar-refractivity contribution in [1.29, 1.82) is 0 Å². The van der Waals surface area contributed by atoms with Gasteiger partial charge in [-0.15, -0.1) is 0 Å². The van der Waals surface area contributed by atoms with Gasteiger partial charge in [-0.2, -0.15) is 0 Å². The van der Waals surface area contributed by atoms with Crippen LogP contribution in [-0.4, -0.2) is 116 Å². The van der Waals surface area contributed by atoms with Crippen LogP contribution in [0.5, 0.6) is 0 Å². The van der Waals surface area contributed by atoms with E-state index in [2.05, 4.69) is 0 Å². The quantitative estimate of drug-likeness (QED) is 0.182. The molecule has 0 aliphatic carbocycles. The molecule has 0 aromatic carbocycles. The van der Waals surface area contributed by atoms with Crippen LogP contribution in [0, 0.1) is 0 Å². The minimum atomic E-state index is -1.55. The van der Waals surface area contributed by atoms with Crippen molar-refractivity contribution >= 4 is 0 Å². The average molecular weight is 481 g/mol. The summed E-state index contributed by atoms with van der Waals surface area (Å²) in [6.45, 7) is 6.77. The molecular formula is C22H40O11. The summed E-state index contributed by atoms with van der Waals surface area (Å²) in [6.07, 6.45) is -9.33. The molecule has 2 aliphatic rings. The lowest BCUT2D eigenvalue weighted by atomic mass is 9.98. The lowest BCUT2D eigenvalue weighted by Crippen LogP contribution is -2.61. The molecule has 0 spiro atoms. The summed E-state index contributed by atoms with van der Waals surface area (Å²) in [6, 6.07) is 0. The van der Waals surface area contributed by atoms with E-state index in [9.17, 15) is 35.7 Å². The van der Waals surface area contributed by atoms with Crippen molar-refractivity contribution in [2.45, 2.75) is 114 Å². The molecular weight excluding hydrogens is 440 g/mol. The van der Waals surface area contributed by atoms with Crippen molar-refractivity contribution in [2.24, 2.45) is 0 Å². The Morgan fingerprint density at radius 2 is 1.42 bits per heavy atom. The average Bonchev–Trinajstić information content (AvgIpc) is 2.73. The summed E-state index contributed by atoms with van der Waals surface area (Å²) < 4.78 is 21.9. The molecule has 10 atom stereocenters. The molecule has 0 radical (unpaired) electrons. The second-order valence-corrected chi connectivity index (χ2v) is 9.55. The van der Waals surface area contributed by atoms with Crippen LogP contribution < -0.4 is 0 Å². The minimum absolute atomic E-state index is 0.189. The van der Waals surface area contributed by atoms with E-state index >= 15 is 0 Å². The predicted molar refractivity (Wildman–Crippen MR) is 115 cm³/mol. The molecule has 0 saturated carbocycles. The molecule has 11 heteroatoms. The maximum absolute atomic E-state index is 10.3. The predicted octanol–water partition coefficient (Wildman–Crippen LogP) is -1.46. The topological polar surface area (TPSA) is 179 Å². The van der Waals surface area contributed by atoms with Gasteiger partial charge in [0, 0.05) is 0 Å². The lowest BCUT2D eigenvalue weighted by Gasteiger charge is -2.42. The first-order chi connectivity index (χ1) is 15.3. The van der Waals surface area contributed by atoms with Gasteiger partial charge in [-0.25, -0.2) is 0 Å². The van der Waals surface area contributed by atoms with Gasteiger partial charge < -0.3 is 54.7 Å². The fourth-order valence-corrected chi connectivity index (χ4v) is 3.64. The molecule has 2 rings (SSSR count). The molecule has 0 bridgehead atoms. The van der Waals surface area contributed by atoms with E-state index in [0.29, 0.717) is 19.3 Å². The van der Waals surface area contributed by atoms with E-state index in [1.807, 2.05) is 13.0 Å². The second-order valence-electron chi connectivity index (χ2n) is 9.55. The smallest absolute Gasteiger partial charge is 0.186 e. The van der Waals surface area contributed by atoms with Gasteiger partial charge in [-0.1, -0.05) is 11.6 Å². The van der Waals surface area contributed by atoms with E-state index in [0.717, 1.165) is 5.57 Å². The van der Waals surface area contributed by atoms with Crippen LogP contribution in [-0.2, 0) is 18.9 Å². The molecule has 11 nitrogen and oxygen atoms in total. The third kappa shape index (κ3) is 8.18. The van der Waals surface area contributed by atoms with E-state index in [1.165, 1.54) is 6.92 Å². The Balaban J connectivity index is 1.85. The normalized spacial score (nSPS) is 40.8. The van der Waals surface area contributed by atoms with Crippen molar-refractivity contribution in [3.63, 3.8) is 0 Å². The molecule has 7 N–H and O–H groups in total. The maximum atomic E-state index is 10.3. The highest BCUT2D eigenvalue weighted by atomic mass is 16.7. The number of aliphatic hydroxyl groups is 7. The third-order valence-electron chi connectivity index (χ3n) is 5.93. The first-order valence-electron chi connectivity index (χ1n) is 11.3. The molecule has 0 aromatic rings. The summed E-state index contributed by atoms with van der Waals surface area (Å²) in [5, 5.41) is 70.1. The SMILES string of the molecule is CC(=CCCC(C)(C)O)CCOC1OC(COC2OC(C)C(O)C(O)C2O)C(O)C(O)C1O. The fourth-order valence-electron chi connectivity index (χ4n) is 3.64. The molecule has 2 saturated heterocycles. The summed E-state index contributed by atoms with van der Waals surface area (Å²) in [5.41, 5.74) is 0.291. The molecule has 2 fully saturated rings. The van der Waals surface area contributed by atoms with Crippen LogP contribution in [0.4, 0.5) is 0 Å². The molecule has 2 aliphatic heterocycles. The van der Waals surface area contributed by atoms with E-state index in [1.54, 1.807) is 13.8 Å². The van der Waals surface area contributed by atoms with Crippen LogP contribution in [0.3, 0.4) is 0 Å². The van der Waals surface area contributed by atoms with Crippen molar-refractivity contribution in [2.75, 3.05) is 13.2 Å².